The van der Waals surface area contributed by atoms with Crippen molar-refractivity contribution in [2.75, 3.05) is 0 Å². The number of benzene rings is 2. The fraction of sp³-hybridized carbons (Fsp3) is 0.385. The zero-order valence-corrected chi connectivity index (χ0v) is 20.2. The summed E-state index contributed by atoms with van der Waals surface area (Å²) in [5, 5.41) is 53.5. The molecular formula is C26H28O10. The predicted octanol–water partition coefficient (Wildman–Crippen LogP) is 4.00. The summed E-state index contributed by atoms with van der Waals surface area (Å²) in [6, 6.07) is 0. The molecule has 1 aliphatic rings. The van der Waals surface area contributed by atoms with E-state index in [0.29, 0.717) is 6.42 Å². The van der Waals surface area contributed by atoms with Crippen LogP contribution in [0.4, 0.5) is 0 Å². The van der Waals surface area contributed by atoms with Crippen LogP contribution >= 0.6 is 0 Å². The Kier molecular flexibility index (Phi) is 7.28. The summed E-state index contributed by atoms with van der Waals surface area (Å²) in [6.45, 7) is 7.44. The molecule has 1 unspecified atom stereocenters. The van der Waals surface area contributed by atoms with Crippen LogP contribution in [0, 0.1) is 17.8 Å². The molecule has 0 fully saturated rings. The average Bonchev–Trinajstić information content (AvgIpc) is 2.79. The zero-order chi connectivity index (χ0) is 27.1. The lowest BCUT2D eigenvalue weighted by molar-refractivity contribution is 0.0499. The maximum Gasteiger partial charge on any atom is 0.157 e. The topological polar surface area (TPSA) is 179 Å². The highest BCUT2D eigenvalue weighted by Gasteiger charge is 2.47. The first-order valence-electron chi connectivity index (χ1n) is 11.4. The van der Waals surface area contributed by atoms with Gasteiger partial charge in [0.1, 0.15) is 40.6 Å². The minimum Gasteiger partial charge on any atom is -0.507 e. The van der Waals surface area contributed by atoms with Crippen molar-refractivity contribution in [2.24, 2.45) is 17.8 Å². The van der Waals surface area contributed by atoms with E-state index in [1.165, 1.54) is 0 Å². The third kappa shape index (κ3) is 3.92. The number of rotatable bonds is 8. The summed E-state index contributed by atoms with van der Waals surface area (Å²) in [4.78, 5) is 46.9. The Balaban J connectivity index is 2.49. The van der Waals surface area contributed by atoms with Crippen LogP contribution in [0.1, 0.15) is 98.7 Å². The van der Waals surface area contributed by atoms with E-state index in [-0.39, 0.29) is 53.9 Å². The maximum atomic E-state index is 12.0. The molecule has 0 saturated carbocycles. The van der Waals surface area contributed by atoms with Gasteiger partial charge in [-0.1, -0.05) is 27.7 Å². The Morgan fingerprint density at radius 2 is 1.08 bits per heavy atom. The molecule has 0 saturated heterocycles. The van der Waals surface area contributed by atoms with Crippen molar-refractivity contribution in [1.29, 1.82) is 0 Å². The van der Waals surface area contributed by atoms with Crippen molar-refractivity contribution in [3.8, 4) is 34.5 Å². The van der Waals surface area contributed by atoms with E-state index in [1.807, 2.05) is 27.7 Å². The van der Waals surface area contributed by atoms with Gasteiger partial charge < -0.3 is 30.3 Å². The van der Waals surface area contributed by atoms with Crippen molar-refractivity contribution in [2.45, 2.75) is 46.1 Å². The van der Waals surface area contributed by atoms with E-state index < -0.39 is 68.9 Å². The molecule has 192 valence electrons. The number of carbonyl (C=O) groups is 4. The third-order valence-electron chi connectivity index (χ3n) is 6.72. The van der Waals surface area contributed by atoms with Gasteiger partial charge in [0.25, 0.3) is 0 Å². The summed E-state index contributed by atoms with van der Waals surface area (Å²) in [5.41, 5.74) is -2.43. The fourth-order valence-corrected chi connectivity index (χ4v) is 5.18. The minimum atomic E-state index is -1.29. The Hall–Kier alpha value is -4.08. The van der Waals surface area contributed by atoms with Crippen LogP contribution in [0.15, 0.2) is 0 Å². The SMILES string of the molecule is CC(C)C[C@@H]1c2c(O)c(C=O)c(O)c(C=O)c2OC(c2c(O)c(C=O)c(O)c(C=O)c2O)[C@@H]1C(C)C. The van der Waals surface area contributed by atoms with Crippen molar-refractivity contribution in [3.05, 3.63) is 33.4 Å². The molecule has 3 atom stereocenters. The van der Waals surface area contributed by atoms with Crippen LogP contribution in [0.3, 0.4) is 0 Å². The highest BCUT2D eigenvalue weighted by Crippen LogP contribution is 2.59. The van der Waals surface area contributed by atoms with Gasteiger partial charge in [-0.25, -0.2) is 0 Å². The number of fused-ring (bicyclic) bond motifs is 1. The normalized spacial score (nSPS) is 19.0. The van der Waals surface area contributed by atoms with Gasteiger partial charge in [0, 0.05) is 11.5 Å². The van der Waals surface area contributed by atoms with E-state index in [0.717, 1.165) is 0 Å². The molecule has 0 aromatic heterocycles. The zero-order valence-electron chi connectivity index (χ0n) is 20.2. The molecule has 36 heavy (non-hydrogen) atoms. The molecule has 10 nitrogen and oxygen atoms in total. The monoisotopic (exact) mass is 500 g/mol. The molecule has 2 aromatic rings. The van der Waals surface area contributed by atoms with E-state index in [2.05, 4.69) is 0 Å². The Labute approximate surface area is 206 Å². The van der Waals surface area contributed by atoms with Gasteiger partial charge >= 0.3 is 0 Å². The second kappa shape index (κ2) is 9.88. The van der Waals surface area contributed by atoms with E-state index in [9.17, 15) is 44.7 Å². The van der Waals surface area contributed by atoms with Crippen molar-refractivity contribution < 1.29 is 49.4 Å². The molecule has 3 rings (SSSR count). The van der Waals surface area contributed by atoms with Crippen molar-refractivity contribution in [3.63, 3.8) is 0 Å². The first-order valence-corrected chi connectivity index (χ1v) is 11.4. The van der Waals surface area contributed by atoms with Gasteiger partial charge in [0.2, 0.25) is 0 Å². The summed E-state index contributed by atoms with van der Waals surface area (Å²) >= 11 is 0. The lowest BCUT2D eigenvalue weighted by Crippen LogP contribution is -2.35. The second-order valence-electron chi connectivity index (χ2n) is 9.62. The number of carbonyl (C=O) groups excluding carboxylic acids is 4. The van der Waals surface area contributed by atoms with Gasteiger partial charge in [-0.3, -0.25) is 19.2 Å². The molecule has 1 aliphatic heterocycles. The first-order chi connectivity index (χ1) is 17.0. The molecule has 0 radical (unpaired) electrons. The van der Waals surface area contributed by atoms with Crippen LogP contribution in [-0.2, 0) is 0 Å². The summed E-state index contributed by atoms with van der Waals surface area (Å²) in [7, 11) is 0. The van der Waals surface area contributed by atoms with Crippen LogP contribution in [0.2, 0.25) is 0 Å². The van der Waals surface area contributed by atoms with Gasteiger partial charge in [-0.05, 0) is 24.2 Å². The molecular weight excluding hydrogens is 472 g/mol. The quantitative estimate of drug-likeness (QED) is 0.333. The highest BCUT2D eigenvalue weighted by atomic mass is 16.5. The van der Waals surface area contributed by atoms with Crippen LogP contribution < -0.4 is 4.74 Å². The molecule has 0 spiro atoms. The lowest BCUT2D eigenvalue weighted by Gasteiger charge is -2.44. The summed E-state index contributed by atoms with van der Waals surface area (Å²) in [5.74, 6) is -5.68. The number of aldehydes is 4. The van der Waals surface area contributed by atoms with E-state index in [1.54, 1.807) is 0 Å². The van der Waals surface area contributed by atoms with Gasteiger partial charge in [-0.15, -0.1) is 0 Å². The van der Waals surface area contributed by atoms with Crippen LogP contribution in [0.25, 0.3) is 0 Å². The average molecular weight is 501 g/mol. The summed E-state index contributed by atoms with van der Waals surface area (Å²) in [6.07, 6.45) is -0.171. The molecule has 10 heteroatoms. The number of hydrogen-bond acceptors (Lipinski definition) is 10. The highest BCUT2D eigenvalue weighted by molar-refractivity contribution is 5.96. The molecule has 5 N–H and O–H groups in total. The molecule has 0 aliphatic carbocycles. The third-order valence-corrected chi connectivity index (χ3v) is 6.72. The van der Waals surface area contributed by atoms with Gasteiger partial charge in [0.05, 0.1) is 27.8 Å². The minimum absolute atomic E-state index is 0.0218. The number of aromatic hydroxyl groups is 5. The Morgan fingerprint density at radius 1 is 0.667 bits per heavy atom. The molecule has 0 amide bonds. The van der Waals surface area contributed by atoms with Gasteiger partial charge in [-0.2, -0.15) is 0 Å². The number of phenols is 5. The van der Waals surface area contributed by atoms with Crippen molar-refractivity contribution >= 4 is 25.1 Å². The summed E-state index contributed by atoms with van der Waals surface area (Å²) < 4.78 is 6.09. The largest absolute Gasteiger partial charge is 0.507 e. The fourth-order valence-electron chi connectivity index (χ4n) is 5.18. The second-order valence-corrected chi connectivity index (χ2v) is 9.62. The number of ether oxygens (including phenoxy) is 1. The number of phenolic OH excluding ortho intramolecular Hbond substituents is 5. The molecule has 2 aromatic carbocycles. The van der Waals surface area contributed by atoms with Crippen molar-refractivity contribution in [1.82, 2.24) is 0 Å². The predicted molar refractivity (Wildman–Crippen MR) is 127 cm³/mol. The Bertz CT molecular complexity index is 1210. The molecule has 0 bridgehead atoms. The first kappa shape index (κ1) is 26.5. The van der Waals surface area contributed by atoms with Crippen LogP contribution in [-0.4, -0.2) is 50.7 Å². The van der Waals surface area contributed by atoms with E-state index in [4.69, 9.17) is 4.74 Å². The van der Waals surface area contributed by atoms with Crippen LogP contribution in [0.5, 0.6) is 34.5 Å². The van der Waals surface area contributed by atoms with Gasteiger partial charge in [0.15, 0.2) is 25.1 Å². The smallest absolute Gasteiger partial charge is 0.157 e. The Morgan fingerprint density at radius 3 is 1.47 bits per heavy atom. The lowest BCUT2D eigenvalue weighted by atomic mass is 9.68. The van der Waals surface area contributed by atoms with E-state index >= 15 is 0 Å². The molecule has 1 heterocycles. The maximum absolute atomic E-state index is 12.0. The number of hydrogen-bond donors (Lipinski definition) is 5. The standard InChI is InChI=1S/C26H28O10/c1-10(2)5-12-17(11(3)4)26(19-23(34)13(6-27)20(31)14(7-28)24(19)35)36-25-16(9-30)21(32)15(8-29)22(33)18(12)25/h6-12,17,26,31-35H,5H2,1-4H3/t12-,17+,26?/m0/s1.